The van der Waals surface area contributed by atoms with Crippen molar-refractivity contribution in [2.24, 2.45) is 0 Å². The van der Waals surface area contributed by atoms with E-state index in [1.165, 1.54) is 0 Å². The third kappa shape index (κ3) is 6.17. The molecule has 0 N–H and O–H groups in total. The van der Waals surface area contributed by atoms with Gasteiger partial charge in [-0.1, -0.05) is 30.3 Å². The Morgan fingerprint density at radius 2 is 1.82 bits per heavy atom. The van der Waals surface area contributed by atoms with Crippen LogP contribution >= 0.6 is 0 Å². The third-order valence-corrected chi connectivity index (χ3v) is 2.61. The predicted molar refractivity (Wildman–Crippen MR) is 75.1 cm³/mol. The van der Waals surface area contributed by atoms with Crippen molar-refractivity contribution in [2.45, 2.75) is 39.6 Å². The molecule has 0 heterocycles. The lowest BCUT2D eigenvalue weighted by molar-refractivity contribution is 0.0639. The van der Waals surface area contributed by atoms with Crippen LogP contribution in [-0.4, -0.2) is 14.4 Å². The second kappa shape index (κ2) is 5.91. The molecule has 0 aromatic heterocycles. The molecule has 1 rings (SSSR count). The average Bonchev–Trinajstić information content (AvgIpc) is 2.13. The minimum atomic E-state index is -1.75. The topological polar surface area (TPSA) is 18.5 Å². The molecular formula is C14H22O2Si. The van der Waals surface area contributed by atoms with Gasteiger partial charge in [0.05, 0.1) is 7.45 Å². The fourth-order valence-corrected chi connectivity index (χ4v) is 1.97. The molecule has 0 unspecified atom stereocenters. The average molecular weight is 251 g/mol. The molecule has 2 nitrogen and oxygen atoms in total. The van der Waals surface area contributed by atoms with Gasteiger partial charge in [-0.05, 0) is 39.1 Å². The first kappa shape index (κ1) is 12.2. The number of ether oxygens (including phenoxy) is 1. The third-order valence-electron chi connectivity index (χ3n) is 1.80. The van der Waals surface area contributed by atoms with Crippen molar-refractivity contribution in [1.29, 1.82) is 0 Å². The van der Waals surface area contributed by atoms with Gasteiger partial charge in [0.2, 0.25) is 8.32 Å². The summed E-state index contributed by atoms with van der Waals surface area (Å²) in [6, 6.07) is 9.85. The lowest BCUT2D eigenvalue weighted by atomic mass is 10.2. The molecule has 17 heavy (non-hydrogen) atoms. The highest BCUT2D eigenvalue weighted by molar-refractivity contribution is 6.70. The van der Waals surface area contributed by atoms with Crippen molar-refractivity contribution in [3.8, 4) is 0 Å². The standard InChI is InChI=1S/C14H22O2Si/c1-12(2)15-14(16-17(3,4)5)11-13-9-7-6-8-10-13/h6-12H,1-5H3/b14-11+/i12D. The van der Waals surface area contributed by atoms with E-state index >= 15 is 0 Å². The summed E-state index contributed by atoms with van der Waals surface area (Å²) >= 11 is 0. The SMILES string of the molecule is [2H]C(C)(C)O/C(=C\c1ccccc1)O[Si](C)(C)C. The largest absolute Gasteiger partial charge is 0.520 e. The van der Waals surface area contributed by atoms with Gasteiger partial charge in [0.15, 0.2) is 0 Å². The van der Waals surface area contributed by atoms with E-state index in [2.05, 4.69) is 19.6 Å². The van der Waals surface area contributed by atoms with Gasteiger partial charge in [0.1, 0.15) is 0 Å². The van der Waals surface area contributed by atoms with E-state index in [-0.39, 0.29) is 0 Å². The van der Waals surface area contributed by atoms with Crippen LogP contribution in [0.25, 0.3) is 6.08 Å². The van der Waals surface area contributed by atoms with E-state index in [4.69, 9.17) is 10.5 Å². The molecule has 0 atom stereocenters. The van der Waals surface area contributed by atoms with Crippen LogP contribution in [0.5, 0.6) is 0 Å². The molecule has 3 heteroatoms. The van der Waals surface area contributed by atoms with Gasteiger partial charge in [-0.25, -0.2) is 0 Å². The molecule has 1 aromatic rings. The Morgan fingerprint density at radius 3 is 2.29 bits per heavy atom. The zero-order chi connectivity index (χ0) is 13.8. The smallest absolute Gasteiger partial charge is 0.266 e. The molecule has 0 aliphatic carbocycles. The second-order valence-corrected chi connectivity index (χ2v) is 9.53. The van der Waals surface area contributed by atoms with Crippen LogP contribution in [0.1, 0.15) is 20.8 Å². The van der Waals surface area contributed by atoms with Crippen molar-refractivity contribution in [2.75, 3.05) is 0 Å². The minimum absolute atomic E-state index is 0.431. The molecule has 0 amide bonds. The maximum absolute atomic E-state index is 7.81. The second-order valence-electron chi connectivity index (χ2n) is 5.10. The Morgan fingerprint density at radius 1 is 1.24 bits per heavy atom. The first-order valence-electron chi connectivity index (χ1n) is 6.30. The molecular weight excluding hydrogens is 228 g/mol. The minimum Gasteiger partial charge on any atom is -0.520 e. The molecule has 0 aliphatic heterocycles. The van der Waals surface area contributed by atoms with E-state index < -0.39 is 14.4 Å². The Bertz CT molecular complexity index is 384. The molecule has 94 valence electrons. The van der Waals surface area contributed by atoms with Gasteiger partial charge in [-0.2, -0.15) is 0 Å². The normalized spacial score (nSPS) is 14.2. The van der Waals surface area contributed by atoms with E-state index in [9.17, 15) is 0 Å². The fourth-order valence-electron chi connectivity index (χ4n) is 1.27. The first-order chi connectivity index (χ1) is 8.16. The van der Waals surface area contributed by atoms with Crippen LogP contribution in [0.4, 0.5) is 0 Å². The van der Waals surface area contributed by atoms with Gasteiger partial charge in [-0.15, -0.1) is 0 Å². The summed E-state index contributed by atoms with van der Waals surface area (Å²) in [6.45, 7) is 9.66. The van der Waals surface area contributed by atoms with Crippen LogP contribution in [0.15, 0.2) is 36.3 Å². The summed E-state index contributed by atoms with van der Waals surface area (Å²) in [5.74, 6) is 0.431. The first-order valence-corrected chi connectivity index (χ1v) is 9.21. The molecule has 0 fully saturated rings. The van der Waals surface area contributed by atoms with Crippen LogP contribution in [0.3, 0.4) is 0 Å². The van der Waals surface area contributed by atoms with Crippen molar-refractivity contribution in [3.05, 3.63) is 41.8 Å². The maximum atomic E-state index is 7.81. The van der Waals surface area contributed by atoms with Crippen molar-refractivity contribution in [1.82, 2.24) is 0 Å². The lowest BCUT2D eigenvalue weighted by Crippen LogP contribution is -2.26. The molecule has 0 bridgehead atoms. The maximum Gasteiger partial charge on any atom is 0.266 e. The van der Waals surface area contributed by atoms with Gasteiger partial charge in [-0.3, -0.25) is 0 Å². The van der Waals surface area contributed by atoms with Gasteiger partial charge < -0.3 is 9.16 Å². The molecule has 0 radical (unpaired) electrons. The Balaban J connectivity index is 2.94. The number of hydrogen-bond donors (Lipinski definition) is 0. The van der Waals surface area contributed by atoms with E-state index in [0.717, 1.165) is 5.56 Å². The van der Waals surface area contributed by atoms with E-state index in [1.807, 2.05) is 36.4 Å². The van der Waals surface area contributed by atoms with Crippen molar-refractivity contribution < 1.29 is 10.5 Å². The lowest BCUT2D eigenvalue weighted by Gasteiger charge is -2.23. The fraction of sp³-hybridized carbons (Fsp3) is 0.429. The number of hydrogen-bond acceptors (Lipinski definition) is 2. The summed E-state index contributed by atoms with van der Waals surface area (Å²) in [4.78, 5) is 0. The van der Waals surface area contributed by atoms with Gasteiger partial charge in [0.25, 0.3) is 5.95 Å². The summed E-state index contributed by atoms with van der Waals surface area (Å²) in [6.07, 6.45) is 0.842. The molecule has 0 saturated heterocycles. The molecule has 1 aromatic carbocycles. The van der Waals surface area contributed by atoms with Gasteiger partial charge in [0, 0.05) is 6.08 Å². The zero-order valence-electron chi connectivity index (χ0n) is 12.3. The molecule has 0 saturated carbocycles. The number of benzene rings is 1. The highest BCUT2D eigenvalue weighted by Gasteiger charge is 2.19. The molecule has 0 aliphatic rings. The highest BCUT2D eigenvalue weighted by Crippen LogP contribution is 2.16. The Labute approximate surface area is 107 Å². The zero-order valence-corrected chi connectivity index (χ0v) is 12.3. The summed E-state index contributed by atoms with van der Waals surface area (Å²) < 4.78 is 19.2. The summed E-state index contributed by atoms with van der Waals surface area (Å²) in [5.41, 5.74) is 1.01. The summed E-state index contributed by atoms with van der Waals surface area (Å²) in [5, 5.41) is 0. The van der Waals surface area contributed by atoms with Crippen LogP contribution in [-0.2, 0) is 9.16 Å². The van der Waals surface area contributed by atoms with E-state index in [0.29, 0.717) is 5.95 Å². The predicted octanol–water partition coefficient (Wildman–Crippen LogP) is 4.26. The monoisotopic (exact) mass is 251 g/mol. The quantitative estimate of drug-likeness (QED) is 0.575. The number of rotatable bonds is 5. The summed E-state index contributed by atoms with van der Waals surface area (Å²) in [7, 11) is -1.75. The van der Waals surface area contributed by atoms with Crippen molar-refractivity contribution in [3.63, 3.8) is 0 Å². The van der Waals surface area contributed by atoms with Crippen LogP contribution < -0.4 is 0 Å². The van der Waals surface area contributed by atoms with Crippen molar-refractivity contribution >= 4 is 14.4 Å². The Kier molecular flexibility index (Phi) is 4.26. The van der Waals surface area contributed by atoms with E-state index in [1.54, 1.807) is 13.8 Å². The van der Waals surface area contributed by atoms with Crippen LogP contribution in [0.2, 0.25) is 19.6 Å². The molecule has 0 spiro atoms. The highest BCUT2D eigenvalue weighted by atomic mass is 28.4. The van der Waals surface area contributed by atoms with Gasteiger partial charge >= 0.3 is 0 Å². The van der Waals surface area contributed by atoms with Crippen LogP contribution in [0, 0.1) is 0 Å². The Hall–Kier alpha value is -1.22.